The molecule has 0 aromatic heterocycles. The van der Waals surface area contributed by atoms with Gasteiger partial charge in [-0.1, -0.05) is 52.3 Å². The van der Waals surface area contributed by atoms with Crippen molar-refractivity contribution in [3.05, 3.63) is 70.8 Å². The highest BCUT2D eigenvalue weighted by molar-refractivity contribution is 9.08. The van der Waals surface area contributed by atoms with Crippen molar-refractivity contribution < 1.29 is 9.59 Å². The van der Waals surface area contributed by atoms with Crippen molar-refractivity contribution in [1.29, 1.82) is 0 Å². The number of alkyl halides is 1. The lowest BCUT2D eigenvalue weighted by molar-refractivity contribution is 0.0642. The molecule has 0 aliphatic carbocycles. The maximum absolute atomic E-state index is 12.2. The summed E-state index contributed by atoms with van der Waals surface area (Å²) in [7, 11) is 0. The van der Waals surface area contributed by atoms with Crippen molar-refractivity contribution in [1.82, 2.24) is 4.90 Å². The van der Waals surface area contributed by atoms with Crippen molar-refractivity contribution >= 4 is 27.7 Å². The number of amides is 2. The molecule has 1 aliphatic rings. The Bertz CT molecular complexity index is 644. The average molecular weight is 330 g/mol. The number of carbonyl (C=O) groups excluding carboxylic acids is 2. The second-order valence-corrected chi connectivity index (χ2v) is 5.25. The monoisotopic (exact) mass is 329 g/mol. The summed E-state index contributed by atoms with van der Waals surface area (Å²) < 4.78 is 0. The molecule has 0 unspecified atom stereocenters. The van der Waals surface area contributed by atoms with Gasteiger partial charge in [0.2, 0.25) is 0 Å². The number of hydrogen-bond donors (Lipinski definition) is 0. The van der Waals surface area contributed by atoms with Crippen LogP contribution in [0, 0.1) is 0 Å². The van der Waals surface area contributed by atoms with Gasteiger partial charge in [-0.05, 0) is 23.3 Å². The Labute approximate surface area is 125 Å². The van der Waals surface area contributed by atoms with Crippen molar-refractivity contribution in [2.75, 3.05) is 0 Å². The minimum absolute atomic E-state index is 0.213. The summed E-state index contributed by atoms with van der Waals surface area (Å²) in [5.74, 6) is -0.426. The molecule has 1 heterocycles. The second-order valence-electron chi connectivity index (χ2n) is 4.69. The number of imide groups is 1. The summed E-state index contributed by atoms with van der Waals surface area (Å²) in [6, 6.07) is 14.8. The SMILES string of the molecule is O=C1c2ccccc2C(=O)N1Cc1ccc(CBr)cc1. The third-order valence-corrected chi connectivity index (χ3v) is 4.04. The molecule has 0 N–H and O–H groups in total. The smallest absolute Gasteiger partial charge is 0.261 e. The Morgan fingerprint density at radius 3 is 1.80 bits per heavy atom. The molecule has 0 atom stereocenters. The van der Waals surface area contributed by atoms with E-state index >= 15 is 0 Å². The van der Waals surface area contributed by atoms with Crippen LogP contribution in [0.3, 0.4) is 0 Å². The standard InChI is InChI=1S/C16H12BrNO2/c17-9-11-5-7-12(8-6-11)10-18-15(19)13-3-1-2-4-14(13)16(18)20/h1-8H,9-10H2. The molecule has 2 aromatic rings. The van der Waals surface area contributed by atoms with E-state index < -0.39 is 0 Å². The zero-order valence-corrected chi connectivity index (χ0v) is 12.3. The van der Waals surface area contributed by atoms with Crippen molar-refractivity contribution in [2.24, 2.45) is 0 Å². The van der Waals surface area contributed by atoms with Crippen LogP contribution in [-0.2, 0) is 11.9 Å². The summed E-state index contributed by atoms with van der Waals surface area (Å²) in [5, 5.41) is 0.792. The quantitative estimate of drug-likeness (QED) is 0.639. The lowest BCUT2D eigenvalue weighted by atomic mass is 10.1. The molecular formula is C16H12BrNO2. The number of fused-ring (bicyclic) bond motifs is 1. The third kappa shape index (κ3) is 2.16. The molecule has 2 amide bonds. The van der Waals surface area contributed by atoms with Gasteiger partial charge in [0.05, 0.1) is 17.7 Å². The van der Waals surface area contributed by atoms with Gasteiger partial charge in [0.15, 0.2) is 0 Å². The Morgan fingerprint density at radius 2 is 1.30 bits per heavy atom. The molecule has 20 heavy (non-hydrogen) atoms. The Morgan fingerprint density at radius 1 is 0.800 bits per heavy atom. The largest absolute Gasteiger partial charge is 0.270 e. The number of rotatable bonds is 3. The van der Waals surface area contributed by atoms with E-state index in [4.69, 9.17) is 0 Å². The van der Waals surface area contributed by atoms with Crippen LogP contribution in [0.2, 0.25) is 0 Å². The van der Waals surface area contributed by atoms with Gasteiger partial charge in [0.1, 0.15) is 0 Å². The minimum Gasteiger partial charge on any atom is -0.270 e. The summed E-state index contributed by atoms with van der Waals surface area (Å²) in [4.78, 5) is 25.8. The first kappa shape index (κ1) is 13.1. The molecular weight excluding hydrogens is 318 g/mol. The molecule has 0 saturated carbocycles. The fourth-order valence-corrected chi connectivity index (χ4v) is 2.67. The van der Waals surface area contributed by atoms with Gasteiger partial charge in [0, 0.05) is 5.33 Å². The van der Waals surface area contributed by atoms with E-state index in [1.807, 2.05) is 24.3 Å². The van der Waals surface area contributed by atoms with Gasteiger partial charge >= 0.3 is 0 Å². The molecule has 2 aromatic carbocycles. The van der Waals surface area contributed by atoms with Crippen LogP contribution >= 0.6 is 15.9 Å². The van der Waals surface area contributed by atoms with Gasteiger partial charge in [-0.25, -0.2) is 0 Å². The zero-order valence-electron chi connectivity index (χ0n) is 10.7. The van der Waals surface area contributed by atoms with Crippen molar-refractivity contribution in [3.63, 3.8) is 0 Å². The topological polar surface area (TPSA) is 37.4 Å². The highest BCUT2D eigenvalue weighted by Crippen LogP contribution is 2.24. The zero-order chi connectivity index (χ0) is 14.1. The third-order valence-electron chi connectivity index (χ3n) is 3.40. The summed E-state index contributed by atoms with van der Waals surface area (Å²) in [6.45, 7) is 0.314. The average Bonchev–Trinajstić information content (AvgIpc) is 2.74. The fourth-order valence-electron chi connectivity index (χ4n) is 2.30. The summed E-state index contributed by atoms with van der Waals surface area (Å²) >= 11 is 3.39. The van der Waals surface area contributed by atoms with Gasteiger partial charge < -0.3 is 0 Å². The van der Waals surface area contributed by atoms with Gasteiger partial charge in [0.25, 0.3) is 11.8 Å². The van der Waals surface area contributed by atoms with E-state index in [0.29, 0.717) is 17.7 Å². The normalized spacial score (nSPS) is 13.8. The predicted octanol–water partition coefficient (Wildman–Crippen LogP) is 3.38. The number of benzene rings is 2. The molecule has 0 saturated heterocycles. The maximum Gasteiger partial charge on any atom is 0.261 e. The van der Waals surface area contributed by atoms with Crippen LogP contribution in [0.15, 0.2) is 48.5 Å². The van der Waals surface area contributed by atoms with Crippen molar-refractivity contribution in [3.8, 4) is 0 Å². The number of carbonyl (C=O) groups is 2. The van der Waals surface area contributed by atoms with E-state index in [9.17, 15) is 9.59 Å². The second kappa shape index (κ2) is 5.21. The van der Waals surface area contributed by atoms with Crippen LogP contribution in [0.5, 0.6) is 0 Å². The van der Waals surface area contributed by atoms with Gasteiger partial charge in [-0.2, -0.15) is 0 Å². The summed E-state index contributed by atoms with van der Waals surface area (Å²) in [6.07, 6.45) is 0. The van der Waals surface area contributed by atoms with Gasteiger partial charge in [-0.3, -0.25) is 14.5 Å². The van der Waals surface area contributed by atoms with E-state index in [2.05, 4.69) is 15.9 Å². The molecule has 3 nitrogen and oxygen atoms in total. The van der Waals surface area contributed by atoms with E-state index in [-0.39, 0.29) is 11.8 Å². The lowest BCUT2D eigenvalue weighted by Crippen LogP contribution is -2.29. The van der Waals surface area contributed by atoms with Crippen LogP contribution in [0.4, 0.5) is 0 Å². The van der Waals surface area contributed by atoms with Crippen LogP contribution in [0.25, 0.3) is 0 Å². The Kier molecular flexibility index (Phi) is 3.40. The molecule has 0 spiro atoms. The molecule has 0 fully saturated rings. The van der Waals surface area contributed by atoms with E-state index in [0.717, 1.165) is 16.5 Å². The molecule has 4 heteroatoms. The first-order valence-corrected chi connectivity index (χ1v) is 7.42. The molecule has 100 valence electrons. The number of nitrogens with zero attached hydrogens (tertiary/aromatic N) is 1. The predicted molar refractivity (Wildman–Crippen MR) is 79.7 cm³/mol. The minimum atomic E-state index is -0.213. The molecule has 3 rings (SSSR count). The maximum atomic E-state index is 12.2. The highest BCUT2D eigenvalue weighted by Gasteiger charge is 2.34. The van der Waals surface area contributed by atoms with E-state index in [1.54, 1.807) is 24.3 Å². The number of hydrogen-bond acceptors (Lipinski definition) is 2. The molecule has 1 aliphatic heterocycles. The van der Waals surface area contributed by atoms with Gasteiger partial charge in [-0.15, -0.1) is 0 Å². The van der Waals surface area contributed by atoms with Crippen molar-refractivity contribution in [2.45, 2.75) is 11.9 Å². The lowest BCUT2D eigenvalue weighted by Gasteiger charge is -2.14. The molecule has 0 radical (unpaired) electrons. The van der Waals surface area contributed by atoms with E-state index in [1.165, 1.54) is 4.90 Å². The first-order valence-electron chi connectivity index (χ1n) is 6.29. The fraction of sp³-hybridized carbons (Fsp3) is 0.125. The molecule has 0 bridgehead atoms. The number of halogens is 1. The Hall–Kier alpha value is -1.94. The van der Waals surface area contributed by atoms with Crippen LogP contribution < -0.4 is 0 Å². The van der Waals surface area contributed by atoms with Crippen LogP contribution in [-0.4, -0.2) is 16.7 Å². The Balaban J connectivity index is 1.85. The summed E-state index contributed by atoms with van der Waals surface area (Å²) in [5.41, 5.74) is 3.10. The highest BCUT2D eigenvalue weighted by atomic mass is 79.9. The van der Waals surface area contributed by atoms with Crippen LogP contribution in [0.1, 0.15) is 31.8 Å². The first-order chi connectivity index (χ1) is 9.70.